The van der Waals surface area contributed by atoms with Crippen molar-refractivity contribution in [1.29, 1.82) is 0 Å². The van der Waals surface area contributed by atoms with Gasteiger partial charge in [0.15, 0.2) is 0 Å². The van der Waals surface area contributed by atoms with E-state index in [0.717, 1.165) is 23.4 Å². The number of aryl methyl sites for hydroxylation is 3. The molecule has 2 atom stereocenters. The lowest BCUT2D eigenvalue weighted by atomic mass is 10.0. The van der Waals surface area contributed by atoms with Gasteiger partial charge in [-0.25, -0.2) is 0 Å². The molecule has 5 heteroatoms. The first-order valence-electron chi connectivity index (χ1n) is 7.99. The highest BCUT2D eigenvalue weighted by Gasteiger charge is 2.21. The lowest BCUT2D eigenvalue weighted by Crippen LogP contribution is -2.36. The summed E-state index contributed by atoms with van der Waals surface area (Å²) in [5.41, 5.74) is 3.96. The highest BCUT2D eigenvalue weighted by atomic mass is 16.3. The summed E-state index contributed by atoms with van der Waals surface area (Å²) in [4.78, 5) is 12.5. The molecule has 1 heterocycles. The molecule has 0 radical (unpaired) electrons. The van der Waals surface area contributed by atoms with Gasteiger partial charge in [0.1, 0.15) is 6.04 Å². The van der Waals surface area contributed by atoms with Crippen molar-refractivity contribution in [2.24, 2.45) is 0 Å². The number of nitrogens with zero attached hydrogens (tertiary/aromatic N) is 2. The largest absolute Gasteiger partial charge is 0.394 e. The molecular formula is C18H25N3O2. The Morgan fingerprint density at radius 3 is 2.43 bits per heavy atom. The number of amides is 1. The second kappa shape index (κ2) is 7.42. The summed E-state index contributed by atoms with van der Waals surface area (Å²) in [5, 5.41) is 16.9. The van der Waals surface area contributed by atoms with Gasteiger partial charge in [0.05, 0.1) is 18.3 Å². The molecule has 2 N–H and O–H groups in total. The van der Waals surface area contributed by atoms with Crippen molar-refractivity contribution in [2.45, 2.75) is 46.2 Å². The van der Waals surface area contributed by atoms with Gasteiger partial charge in [0, 0.05) is 5.69 Å². The topological polar surface area (TPSA) is 67.2 Å². The van der Waals surface area contributed by atoms with Gasteiger partial charge >= 0.3 is 0 Å². The zero-order chi connectivity index (χ0) is 17.0. The minimum Gasteiger partial charge on any atom is -0.394 e. The Bertz CT molecular complexity index is 661. The van der Waals surface area contributed by atoms with Crippen LogP contribution >= 0.6 is 0 Å². The molecule has 0 bridgehead atoms. The van der Waals surface area contributed by atoms with Gasteiger partial charge in [-0.3, -0.25) is 9.48 Å². The first-order valence-corrected chi connectivity index (χ1v) is 7.99. The van der Waals surface area contributed by atoms with Crippen LogP contribution in [0.1, 0.15) is 48.4 Å². The Morgan fingerprint density at radius 2 is 1.96 bits per heavy atom. The number of carbonyl (C=O) groups is 1. The molecule has 124 valence electrons. The van der Waals surface area contributed by atoms with Crippen LogP contribution in [0.3, 0.4) is 0 Å². The highest BCUT2D eigenvalue weighted by molar-refractivity contribution is 5.80. The SMILES string of the molecule is CCc1ccc(C(CO)NC(=O)C(C)n2nc(C)cc2C)cc1. The Balaban J connectivity index is 2.11. The number of carbonyl (C=O) groups excluding carboxylic acids is 1. The third-order valence-electron chi connectivity index (χ3n) is 4.08. The summed E-state index contributed by atoms with van der Waals surface area (Å²) < 4.78 is 1.71. The van der Waals surface area contributed by atoms with E-state index >= 15 is 0 Å². The number of hydrogen-bond acceptors (Lipinski definition) is 3. The van der Waals surface area contributed by atoms with Crippen molar-refractivity contribution in [3.8, 4) is 0 Å². The number of aliphatic hydroxyl groups excluding tert-OH is 1. The number of rotatable bonds is 6. The molecular weight excluding hydrogens is 290 g/mol. The molecule has 2 unspecified atom stereocenters. The maximum atomic E-state index is 12.5. The Hall–Kier alpha value is -2.14. The van der Waals surface area contributed by atoms with Crippen LogP contribution in [0.15, 0.2) is 30.3 Å². The fraction of sp³-hybridized carbons (Fsp3) is 0.444. The maximum Gasteiger partial charge on any atom is 0.245 e. The number of benzene rings is 1. The van der Waals surface area contributed by atoms with Crippen LogP contribution < -0.4 is 5.32 Å². The van der Waals surface area contributed by atoms with E-state index in [-0.39, 0.29) is 12.5 Å². The standard InChI is InChI=1S/C18H25N3O2/c1-5-15-6-8-16(9-7-15)17(11-22)19-18(23)14(4)21-13(3)10-12(2)20-21/h6-10,14,17,22H,5,11H2,1-4H3,(H,19,23). The van der Waals surface area contributed by atoms with E-state index in [1.54, 1.807) is 4.68 Å². The predicted molar refractivity (Wildman–Crippen MR) is 90.2 cm³/mol. The summed E-state index contributed by atoms with van der Waals surface area (Å²) in [6.07, 6.45) is 0.964. The monoisotopic (exact) mass is 315 g/mol. The Kier molecular flexibility index (Phi) is 5.55. The van der Waals surface area contributed by atoms with Gasteiger partial charge < -0.3 is 10.4 Å². The fourth-order valence-corrected chi connectivity index (χ4v) is 2.66. The first-order chi connectivity index (χ1) is 11.0. The molecule has 0 saturated carbocycles. The minimum absolute atomic E-state index is 0.138. The Morgan fingerprint density at radius 1 is 1.30 bits per heavy atom. The lowest BCUT2D eigenvalue weighted by molar-refractivity contribution is -0.125. The molecule has 0 fully saturated rings. The van der Waals surface area contributed by atoms with Crippen LogP contribution in [0.25, 0.3) is 0 Å². The zero-order valence-electron chi connectivity index (χ0n) is 14.2. The summed E-state index contributed by atoms with van der Waals surface area (Å²) in [6.45, 7) is 7.59. The molecule has 23 heavy (non-hydrogen) atoms. The molecule has 2 aromatic rings. The highest BCUT2D eigenvalue weighted by Crippen LogP contribution is 2.17. The van der Waals surface area contributed by atoms with E-state index < -0.39 is 12.1 Å². The van der Waals surface area contributed by atoms with Crippen molar-refractivity contribution in [3.05, 3.63) is 52.8 Å². The summed E-state index contributed by atoms with van der Waals surface area (Å²) in [6, 6.07) is 9.06. The summed E-state index contributed by atoms with van der Waals surface area (Å²) in [5.74, 6) is -0.158. The van der Waals surface area contributed by atoms with E-state index in [2.05, 4.69) is 17.3 Å². The first kappa shape index (κ1) is 17.2. The van der Waals surface area contributed by atoms with Crippen LogP contribution in [0.4, 0.5) is 0 Å². The molecule has 0 aliphatic heterocycles. The van der Waals surface area contributed by atoms with Gasteiger partial charge in [0.25, 0.3) is 0 Å². The van der Waals surface area contributed by atoms with Crippen LogP contribution in [0.2, 0.25) is 0 Å². The molecule has 1 aromatic heterocycles. The number of aliphatic hydroxyl groups is 1. The van der Waals surface area contributed by atoms with E-state index in [0.29, 0.717) is 0 Å². The number of nitrogens with one attached hydrogen (secondary N) is 1. The van der Waals surface area contributed by atoms with Crippen LogP contribution in [0.5, 0.6) is 0 Å². The zero-order valence-corrected chi connectivity index (χ0v) is 14.2. The van der Waals surface area contributed by atoms with E-state index in [4.69, 9.17) is 0 Å². The van der Waals surface area contributed by atoms with Gasteiger partial charge in [0.2, 0.25) is 5.91 Å². The fourth-order valence-electron chi connectivity index (χ4n) is 2.66. The number of hydrogen-bond donors (Lipinski definition) is 2. The molecule has 1 amide bonds. The molecule has 0 aliphatic carbocycles. The second-order valence-corrected chi connectivity index (χ2v) is 5.89. The Labute approximate surface area is 137 Å². The molecule has 0 spiro atoms. The normalized spacial score (nSPS) is 13.6. The van der Waals surface area contributed by atoms with Crippen molar-refractivity contribution in [2.75, 3.05) is 6.61 Å². The van der Waals surface area contributed by atoms with Crippen LogP contribution in [-0.4, -0.2) is 27.4 Å². The third-order valence-corrected chi connectivity index (χ3v) is 4.08. The molecule has 1 aromatic carbocycles. The van der Waals surface area contributed by atoms with Crippen LogP contribution in [0, 0.1) is 13.8 Å². The van der Waals surface area contributed by atoms with Crippen molar-refractivity contribution in [3.63, 3.8) is 0 Å². The summed E-state index contributed by atoms with van der Waals surface area (Å²) >= 11 is 0. The van der Waals surface area contributed by atoms with Crippen molar-refractivity contribution < 1.29 is 9.90 Å². The van der Waals surface area contributed by atoms with Crippen molar-refractivity contribution in [1.82, 2.24) is 15.1 Å². The van der Waals surface area contributed by atoms with Gasteiger partial charge in [-0.1, -0.05) is 31.2 Å². The molecule has 5 nitrogen and oxygen atoms in total. The molecule has 2 rings (SSSR count). The van der Waals surface area contributed by atoms with Crippen molar-refractivity contribution >= 4 is 5.91 Å². The average Bonchev–Trinajstić information content (AvgIpc) is 2.90. The quantitative estimate of drug-likeness (QED) is 0.860. The second-order valence-electron chi connectivity index (χ2n) is 5.89. The third kappa shape index (κ3) is 3.99. The van der Waals surface area contributed by atoms with E-state index in [9.17, 15) is 9.90 Å². The van der Waals surface area contributed by atoms with Gasteiger partial charge in [-0.15, -0.1) is 0 Å². The predicted octanol–water partition coefficient (Wildman–Crippen LogP) is 2.47. The van der Waals surface area contributed by atoms with E-state index in [1.165, 1.54) is 5.56 Å². The lowest BCUT2D eigenvalue weighted by Gasteiger charge is -2.21. The van der Waals surface area contributed by atoms with Crippen LogP contribution in [-0.2, 0) is 11.2 Å². The smallest absolute Gasteiger partial charge is 0.245 e. The minimum atomic E-state index is -0.423. The molecule has 0 saturated heterocycles. The number of aromatic nitrogens is 2. The maximum absolute atomic E-state index is 12.5. The molecule has 0 aliphatic rings. The summed E-state index contributed by atoms with van der Waals surface area (Å²) in [7, 11) is 0. The van der Waals surface area contributed by atoms with Gasteiger partial charge in [-0.2, -0.15) is 5.10 Å². The van der Waals surface area contributed by atoms with Gasteiger partial charge in [-0.05, 0) is 44.4 Å². The average molecular weight is 315 g/mol. The van der Waals surface area contributed by atoms with E-state index in [1.807, 2.05) is 51.1 Å².